The maximum absolute atomic E-state index is 12.2. The third-order valence-electron chi connectivity index (χ3n) is 3.48. The molecule has 3 nitrogen and oxygen atoms in total. The number of aryl methyl sites for hydroxylation is 1. The molecule has 0 bridgehead atoms. The Morgan fingerprint density at radius 1 is 1.28 bits per heavy atom. The maximum atomic E-state index is 12.2. The third-order valence-corrected chi connectivity index (χ3v) is 3.48. The largest absolute Gasteiger partial charge is 0.337 e. The van der Waals surface area contributed by atoms with Gasteiger partial charge in [-0.15, -0.1) is 0 Å². The van der Waals surface area contributed by atoms with Crippen LogP contribution in [0.3, 0.4) is 0 Å². The SMILES string of the molecule is Cc1ccc(CN2CC(C)CNC(C)C2=O)cc1. The van der Waals surface area contributed by atoms with Crippen LogP contribution in [0, 0.1) is 12.8 Å². The first-order valence-electron chi connectivity index (χ1n) is 6.64. The van der Waals surface area contributed by atoms with Crippen molar-refractivity contribution in [2.24, 2.45) is 5.92 Å². The molecule has 1 aromatic rings. The quantitative estimate of drug-likeness (QED) is 0.865. The molecule has 2 unspecified atom stereocenters. The van der Waals surface area contributed by atoms with Crippen molar-refractivity contribution < 1.29 is 4.79 Å². The Hall–Kier alpha value is -1.35. The molecule has 2 atom stereocenters. The number of rotatable bonds is 2. The fourth-order valence-electron chi connectivity index (χ4n) is 2.33. The first kappa shape index (κ1) is 13.1. The van der Waals surface area contributed by atoms with Crippen LogP contribution >= 0.6 is 0 Å². The van der Waals surface area contributed by atoms with Gasteiger partial charge in [-0.2, -0.15) is 0 Å². The van der Waals surface area contributed by atoms with Crippen LogP contribution in [0.2, 0.25) is 0 Å². The molecular weight excluding hydrogens is 224 g/mol. The van der Waals surface area contributed by atoms with E-state index in [9.17, 15) is 4.79 Å². The Kier molecular flexibility index (Phi) is 4.02. The molecule has 2 rings (SSSR count). The molecule has 98 valence electrons. The van der Waals surface area contributed by atoms with Gasteiger partial charge in [0.25, 0.3) is 0 Å². The fourth-order valence-corrected chi connectivity index (χ4v) is 2.33. The molecule has 1 heterocycles. The van der Waals surface area contributed by atoms with E-state index in [1.54, 1.807) is 0 Å². The molecule has 18 heavy (non-hydrogen) atoms. The summed E-state index contributed by atoms with van der Waals surface area (Å²) in [5.41, 5.74) is 2.46. The van der Waals surface area contributed by atoms with Crippen molar-refractivity contribution in [3.63, 3.8) is 0 Å². The van der Waals surface area contributed by atoms with Crippen molar-refractivity contribution in [1.29, 1.82) is 0 Å². The molecule has 0 spiro atoms. The molecule has 3 heteroatoms. The van der Waals surface area contributed by atoms with Gasteiger partial charge in [0.2, 0.25) is 5.91 Å². The molecule has 1 aliphatic heterocycles. The number of nitrogens with zero attached hydrogens (tertiary/aromatic N) is 1. The molecule has 0 aliphatic carbocycles. The number of hydrogen-bond donors (Lipinski definition) is 1. The van der Waals surface area contributed by atoms with Gasteiger partial charge in [0.15, 0.2) is 0 Å². The zero-order chi connectivity index (χ0) is 13.1. The van der Waals surface area contributed by atoms with E-state index in [-0.39, 0.29) is 11.9 Å². The van der Waals surface area contributed by atoms with Gasteiger partial charge in [-0.1, -0.05) is 36.8 Å². The number of amides is 1. The van der Waals surface area contributed by atoms with Gasteiger partial charge in [-0.3, -0.25) is 4.79 Å². The molecule has 1 saturated heterocycles. The molecule has 1 fully saturated rings. The van der Waals surface area contributed by atoms with E-state index in [0.717, 1.165) is 19.6 Å². The van der Waals surface area contributed by atoms with E-state index in [0.29, 0.717) is 5.92 Å². The minimum Gasteiger partial charge on any atom is -0.337 e. The van der Waals surface area contributed by atoms with Gasteiger partial charge < -0.3 is 10.2 Å². The highest BCUT2D eigenvalue weighted by Gasteiger charge is 2.25. The first-order valence-corrected chi connectivity index (χ1v) is 6.64. The summed E-state index contributed by atoms with van der Waals surface area (Å²) < 4.78 is 0. The van der Waals surface area contributed by atoms with E-state index in [1.807, 2.05) is 11.8 Å². The lowest BCUT2D eigenvalue weighted by Gasteiger charge is -2.24. The monoisotopic (exact) mass is 246 g/mol. The zero-order valence-corrected chi connectivity index (χ0v) is 11.4. The Bertz CT molecular complexity index is 413. The highest BCUT2D eigenvalue weighted by atomic mass is 16.2. The summed E-state index contributed by atoms with van der Waals surface area (Å²) >= 11 is 0. The van der Waals surface area contributed by atoms with Crippen LogP contribution in [-0.4, -0.2) is 29.9 Å². The smallest absolute Gasteiger partial charge is 0.239 e. The van der Waals surface area contributed by atoms with Crippen molar-refractivity contribution in [1.82, 2.24) is 10.2 Å². The third kappa shape index (κ3) is 3.10. The maximum Gasteiger partial charge on any atom is 0.239 e. The molecular formula is C15H22N2O. The van der Waals surface area contributed by atoms with Crippen LogP contribution in [0.5, 0.6) is 0 Å². The zero-order valence-electron chi connectivity index (χ0n) is 11.4. The van der Waals surface area contributed by atoms with Crippen molar-refractivity contribution in [3.8, 4) is 0 Å². The summed E-state index contributed by atoms with van der Waals surface area (Å²) in [5, 5.41) is 3.28. The molecule has 1 amide bonds. The number of nitrogens with one attached hydrogen (secondary N) is 1. The topological polar surface area (TPSA) is 32.3 Å². The number of carbonyl (C=O) groups excluding carboxylic acids is 1. The van der Waals surface area contributed by atoms with E-state index < -0.39 is 0 Å². The normalized spacial score (nSPS) is 25.1. The molecule has 0 saturated carbocycles. The number of carbonyl (C=O) groups is 1. The standard InChI is InChI=1S/C15H22N2O/c1-11-4-6-14(7-5-11)10-17-9-12(2)8-16-13(3)15(17)18/h4-7,12-13,16H,8-10H2,1-3H3. The second kappa shape index (κ2) is 5.53. The lowest BCUT2D eigenvalue weighted by molar-refractivity contribution is -0.133. The Labute approximate surface area is 109 Å². The van der Waals surface area contributed by atoms with E-state index in [2.05, 4.69) is 43.4 Å². The first-order chi connectivity index (χ1) is 8.56. The van der Waals surface area contributed by atoms with Crippen LogP contribution in [0.15, 0.2) is 24.3 Å². The molecule has 0 radical (unpaired) electrons. The Morgan fingerprint density at radius 3 is 2.61 bits per heavy atom. The lowest BCUT2D eigenvalue weighted by Crippen LogP contribution is -2.41. The molecule has 1 N–H and O–H groups in total. The minimum absolute atomic E-state index is 0.0691. The molecule has 0 aromatic heterocycles. The highest BCUT2D eigenvalue weighted by molar-refractivity contribution is 5.81. The molecule has 1 aliphatic rings. The summed E-state index contributed by atoms with van der Waals surface area (Å²) in [4.78, 5) is 14.2. The van der Waals surface area contributed by atoms with E-state index in [4.69, 9.17) is 0 Å². The van der Waals surface area contributed by atoms with Crippen molar-refractivity contribution in [2.45, 2.75) is 33.4 Å². The Balaban J connectivity index is 2.10. The van der Waals surface area contributed by atoms with Gasteiger partial charge in [-0.05, 0) is 25.3 Å². The van der Waals surface area contributed by atoms with Crippen LogP contribution in [0.25, 0.3) is 0 Å². The predicted molar refractivity (Wildman–Crippen MR) is 73.2 cm³/mol. The summed E-state index contributed by atoms with van der Waals surface area (Å²) in [6.07, 6.45) is 0. The number of benzene rings is 1. The summed E-state index contributed by atoms with van der Waals surface area (Å²) in [7, 11) is 0. The fraction of sp³-hybridized carbons (Fsp3) is 0.533. The average Bonchev–Trinajstić information content (AvgIpc) is 2.47. The van der Waals surface area contributed by atoms with Gasteiger partial charge in [0.1, 0.15) is 0 Å². The van der Waals surface area contributed by atoms with Crippen LogP contribution in [0.4, 0.5) is 0 Å². The van der Waals surface area contributed by atoms with Gasteiger partial charge in [0, 0.05) is 19.6 Å². The van der Waals surface area contributed by atoms with Crippen LogP contribution in [-0.2, 0) is 11.3 Å². The predicted octanol–water partition coefficient (Wildman–Crippen LogP) is 1.95. The van der Waals surface area contributed by atoms with Gasteiger partial charge >= 0.3 is 0 Å². The van der Waals surface area contributed by atoms with Crippen molar-refractivity contribution in [3.05, 3.63) is 35.4 Å². The van der Waals surface area contributed by atoms with E-state index in [1.165, 1.54) is 11.1 Å². The van der Waals surface area contributed by atoms with Gasteiger partial charge in [0.05, 0.1) is 6.04 Å². The van der Waals surface area contributed by atoms with Crippen molar-refractivity contribution in [2.75, 3.05) is 13.1 Å². The molecule has 1 aromatic carbocycles. The second-order valence-corrected chi connectivity index (χ2v) is 5.44. The van der Waals surface area contributed by atoms with E-state index >= 15 is 0 Å². The highest BCUT2D eigenvalue weighted by Crippen LogP contribution is 2.13. The second-order valence-electron chi connectivity index (χ2n) is 5.44. The number of hydrogen-bond acceptors (Lipinski definition) is 2. The van der Waals surface area contributed by atoms with Gasteiger partial charge in [-0.25, -0.2) is 0 Å². The minimum atomic E-state index is -0.0691. The van der Waals surface area contributed by atoms with Crippen LogP contribution in [0.1, 0.15) is 25.0 Å². The average molecular weight is 246 g/mol. The van der Waals surface area contributed by atoms with Crippen LogP contribution < -0.4 is 5.32 Å². The summed E-state index contributed by atoms with van der Waals surface area (Å²) in [6, 6.07) is 8.35. The van der Waals surface area contributed by atoms with Crippen molar-refractivity contribution >= 4 is 5.91 Å². The Morgan fingerprint density at radius 2 is 1.94 bits per heavy atom. The summed E-state index contributed by atoms with van der Waals surface area (Å²) in [5.74, 6) is 0.712. The lowest BCUT2D eigenvalue weighted by atomic mass is 10.1. The summed E-state index contributed by atoms with van der Waals surface area (Å²) in [6.45, 7) is 8.68.